The third-order valence-corrected chi connectivity index (χ3v) is 10.0. The van der Waals surface area contributed by atoms with Gasteiger partial charge in [-0.2, -0.15) is 0 Å². The Hall–Kier alpha value is -6.64. The molecule has 0 N–H and O–H groups in total. The van der Waals surface area contributed by atoms with Crippen LogP contribution in [0.15, 0.2) is 192 Å². The molecule has 0 aliphatic heterocycles. The third-order valence-electron chi connectivity index (χ3n) is 10.0. The minimum absolute atomic E-state index is 0.894. The van der Waals surface area contributed by atoms with Crippen LogP contribution in [0, 0.1) is 0 Å². The van der Waals surface area contributed by atoms with E-state index in [1.165, 1.54) is 44.1 Å². The van der Waals surface area contributed by atoms with Crippen LogP contribution in [0.5, 0.6) is 0 Å². The van der Waals surface area contributed by atoms with Crippen molar-refractivity contribution in [3.63, 3.8) is 0 Å². The van der Waals surface area contributed by atoms with E-state index in [1.54, 1.807) is 0 Å². The Balaban J connectivity index is 1.21. The molecule has 50 heavy (non-hydrogen) atoms. The molecule has 0 unspecified atom stereocenters. The van der Waals surface area contributed by atoms with E-state index in [9.17, 15) is 0 Å². The van der Waals surface area contributed by atoms with E-state index in [0.29, 0.717) is 0 Å². The second kappa shape index (κ2) is 11.5. The van der Waals surface area contributed by atoms with Gasteiger partial charge in [0.2, 0.25) is 0 Å². The highest BCUT2D eigenvalue weighted by Gasteiger charge is 2.21. The van der Waals surface area contributed by atoms with Gasteiger partial charge in [-0.25, -0.2) is 0 Å². The Morgan fingerprint density at radius 3 is 1.72 bits per heavy atom. The van der Waals surface area contributed by atoms with Gasteiger partial charge < -0.3 is 8.98 Å². The molecule has 0 saturated heterocycles. The van der Waals surface area contributed by atoms with Gasteiger partial charge in [0.1, 0.15) is 11.2 Å². The first-order valence-electron chi connectivity index (χ1n) is 17.1. The summed E-state index contributed by atoms with van der Waals surface area (Å²) in [6.07, 6.45) is 0. The minimum atomic E-state index is 0.894. The van der Waals surface area contributed by atoms with E-state index in [4.69, 9.17) is 4.42 Å². The van der Waals surface area contributed by atoms with Crippen molar-refractivity contribution in [3.8, 4) is 50.2 Å². The van der Waals surface area contributed by atoms with Crippen molar-refractivity contribution in [2.75, 3.05) is 0 Å². The van der Waals surface area contributed by atoms with Gasteiger partial charge >= 0.3 is 0 Å². The smallest absolute Gasteiger partial charge is 0.143 e. The zero-order valence-electron chi connectivity index (χ0n) is 27.3. The van der Waals surface area contributed by atoms with E-state index in [0.717, 1.165) is 49.9 Å². The standard InChI is InChI=1S/C48H31NO/c1-3-15-32(16-4-1)34-27-30-45-42(31-34)39-22-10-13-25-44(39)49(45)43-24-12-9-21-38(43)36-19-7-8-20-37(36)40-29-28-35(33-17-5-2-6-18-33)47-41-23-11-14-26-46(41)50-48(40)47/h1-31H. The van der Waals surface area contributed by atoms with Crippen molar-refractivity contribution in [1.82, 2.24) is 4.57 Å². The van der Waals surface area contributed by atoms with Gasteiger partial charge in [0, 0.05) is 32.7 Å². The fraction of sp³-hybridized carbons (Fsp3) is 0. The quantitative estimate of drug-likeness (QED) is 0.184. The van der Waals surface area contributed by atoms with E-state index < -0.39 is 0 Å². The van der Waals surface area contributed by atoms with Crippen molar-refractivity contribution in [1.29, 1.82) is 0 Å². The molecule has 0 spiro atoms. The summed E-state index contributed by atoms with van der Waals surface area (Å²) in [6, 6.07) is 67.3. The monoisotopic (exact) mass is 637 g/mol. The second-order valence-electron chi connectivity index (χ2n) is 12.8. The maximum absolute atomic E-state index is 6.75. The topological polar surface area (TPSA) is 18.1 Å². The van der Waals surface area contributed by atoms with Gasteiger partial charge in [-0.15, -0.1) is 0 Å². The molecule has 2 aromatic heterocycles. The van der Waals surface area contributed by atoms with Crippen molar-refractivity contribution < 1.29 is 4.42 Å². The molecule has 0 saturated carbocycles. The summed E-state index contributed by atoms with van der Waals surface area (Å²) in [5.74, 6) is 0. The summed E-state index contributed by atoms with van der Waals surface area (Å²) in [5.41, 5.74) is 14.6. The van der Waals surface area contributed by atoms with Crippen LogP contribution in [0.2, 0.25) is 0 Å². The van der Waals surface area contributed by atoms with Crippen LogP contribution < -0.4 is 0 Å². The molecule has 10 aromatic rings. The molecule has 0 atom stereocenters. The lowest BCUT2D eigenvalue weighted by Crippen LogP contribution is -1.98. The van der Waals surface area contributed by atoms with Crippen molar-refractivity contribution in [3.05, 3.63) is 188 Å². The van der Waals surface area contributed by atoms with Crippen LogP contribution in [-0.4, -0.2) is 4.57 Å². The first kappa shape index (κ1) is 28.4. The predicted octanol–water partition coefficient (Wildman–Crippen LogP) is 13.4. The maximum Gasteiger partial charge on any atom is 0.143 e. The number of hydrogen-bond donors (Lipinski definition) is 0. The fourth-order valence-corrected chi connectivity index (χ4v) is 7.79. The van der Waals surface area contributed by atoms with Crippen LogP contribution >= 0.6 is 0 Å². The van der Waals surface area contributed by atoms with E-state index in [1.807, 2.05) is 6.07 Å². The Bertz CT molecular complexity index is 2860. The van der Waals surface area contributed by atoms with Gasteiger partial charge in [0.25, 0.3) is 0 Å². The number of aromatic nitrogens is 1. The summed E-state index contributed by atoms with van der Waals surface area (Å²) in [4.78, 5) is 0. The third kappa shape index (κ3) is 4.43. The lowest BCUT2D eigenvalue weighted by Gasteiger charge is -2.17. The van der Waals surface area contributed by atoms with Gasteiger partial charge in [-0.05, 0) is 69.8 Å². The van der Waals surface area contributed by atoms with Crippen molar-refractivity contribution in [2.24, 2.45) is 0 Å². The molecule has 0 amide bonds. The normalized spacial score (nSPS) is 11.6. The Kier molecular flexibility index (Phi) is 6.53. The molecular weight excluding hydrogens is 607 g/mol. The highest BCUT2D eigenvalue weighted by atomic mass is 16.3. The molecule has 10 rings (SSSR count). The highest BCUT2D eigenvalue weighted by molar-refractivity contribution is 6.17. The summed E-state index contributed by atoms with van der Waals surface area (Å²) < 4.78 is 9.18. The van der Waals surface area contributed by atoms with Crippen LogP contribution in [0.4, 0.5) is 0 Å². The molecule has 0 radical (unpaired) electrons. The lowest BCUT2D eigenvalue weighted by molar-refractivity contribution is 0.670. The van der Waals surface area contributed by atoms with Gasteiger partial charge in [-0.3, -0.25) is 0 Å². The van der Waals surface area contributed by atoms with Crippen molar-refractivity contribution in [2.45, 2.75) is 0 Å². The number of hydrogen-bond acceptors (Lipinski definition) is 1. The number of nitrogens with zero attached hydrogens (tertiary/aromatic N) is 1. The second-order valence-corrected chi connectivity index (χ2v) is 12.8. The average Bonchev–Trinajstić information content (AvgIpc) is 3.74. The van der Waals surface area contributed by atoms with E-state index in [2.05, 4.69) is 187 Å². The van der Waals surface area contributed by atoms with E-state index in [-0.39, 0.29) is 0 Å². The van der Waals surface area contributed by atoms with Gasteiger partial charge in [0.15, 0.2) is 0 Å². The minimum Gasteiger partial charge on any atom is -0.455 e. The number of rotatable bonds is 5. The maximum atomic E-state index is 6.75. The van der Waals surface area contributed by atoms with Crippen molar-refractivity contribution >= 4 is 43.7 Å². The molecular formula is C48H31NO. The first-order chi connectivity index (χ1) is 24.8. The van der Waals surface area contributed by atoms with Gasteiger partial charge in [-0.1, -0.05) is 152 Å². The average molecular weight is 638 g/mol. The lowest BCUT2D eigenvalue weighted by atomic mass is 9.90. The predicted molar refractivity (Wildman–Crippen MR) is 210 cm³/mol. The zero-order valence-corrected chi connectivity index (χ0v) is 27.3. The van der Waals surface area contributed by atoms with Crippen LogP contribution in [-0.2, 0) is 0 Å². The summed E-state index contributed by atoms with van der Waals surface area (Å²) in [7, 11) is 0. The first-order valence-corrected chi connectivity index (χ1v) is 17.1. The molecule has 234 valence electrons. The number of para-hydroxylation sites is 3. The zero-order chi connectivity index (χ0) is 33.0. The Morgan fingerprint density at radius 1 is 0.340 bits per heavy atom. The molecule has 8 aromatic carbocycles. The molecule has 0 bridgehead atoms. The number of benzene rings is 8. The highest BCUT2D eigenvalue weighted by Crippen LogP contribution is 2.45. The molecule has 2 heterocycles. The van der Waals surface area contributed by atoms with E-state index >= 15 is 0 Å². The summed E-state index contributed by atoms with van der Waals surface area (Å²) >= 11 is 0. The molecule has 0 aliphatic rings. The largest absolute Gasteiger partial charge is 0.455 e. The summed E-state index contributed by atoms with van der Waals surface area (Å²) in [5, 5.41) is 4.75. The molecule has 2 nitrogen and oxygen atoms in total. The molecule has 2 heteroatoms. The van der Waals surface area contributed by atoms with Gasteiger partial charge in [0.05, 0.1) is 16.7 Å². The number of fused-ring (bicyclic) bond motifs is 6. The molecule has 0 fully saturated rings. The Morgan fingerprint density at radius 2 is 0.920 bits per heavy atom. The summed E-state index contributed by atoms with van der Waals surface area (Å²) in [6.45, 7) is 0. The SMILES string of the molecule is c1ccc(-c2ccc3c(c2)c2ccccc2n3-c2ccccc2-c2ccccc2-c2ccc(-c3ccccc3)c3c2oc2ccccc23)cc1. The van der Waals surface area contributed by atoms with Crippen LogP contribution in [0.1, 0.15) is 0 Å². The number of furan rings is 1. The molecule has 0 aliphatic carbocycles. The Labute approximate surface area is 290 Å². The van der Waals surface area contributed by atoms with Crippen LogP contribution in [0.25, 0.3) is 93.9 Å². The fourth-order valence-electron chi connectivity index (χ4n) is 7.79. The van der Waals surface area contributed by atoms with Crippen LogP contribution in [0.3, 0.4) is 0 Å².